The number of benzene rings is 3. The second kappa shape index (κ2) is 9.40. The van der Waals surface area contributed by atoms with Crippen LogP contribution in [0.2, 0.25) is 0 Å². The first-order valence-corrected chi connectivity index (χ1v) is 12.7. The Bertz CT molecular complexity index is 1380. The van der Waals surface area contributed by atoms with Crippen molar-refractivity contribution < 1.29 is 4.74 Å². The van der Waals surface area contributed by atoms with Gasteiger partial charge in [0.05, 0.1) is 18.3 Å². The summed E-state index contributed by atoms with van der Waals surface area (Å²) in [5.41, 5.74) is 6.64. The van der Waals surface area contributed by atoms with Crippen LogP contribution >= 0.6 is 0 Å². The van der Waals surface area contributed by atoms with Gasteiger partial charge in [0, 0.05) is 30.3 Å². The molecule has 0 bridgehead atoms. The minimum Gasteiger partial charge on any atom is -0.486 e. The average Bonchev–Trinajstić information content (AvgIpc) is 3.48. The van der Waals surface area contributed by atoms with Crippen molar-refractivity contribution in [3.05, 3.63) is 96.3 Å². The number of ether oxygens (including phenoxy) is 1. The fraction of sp³-hybridized carbons (Fsp3) is 0.290. The summed E-state index contributed by atoms with van der Waals surface area (Å²) in [7, 11) is 0. The summed E-state index contributed by atoms with van der Waals surface area (Å²) in [5, 5.41) is 4.66. The molecule has 5 heteroatoms. The molecule has 1 aliphatic rings. The van der Waals surface area contributed by atoms with Gasteiger partial charge in [0.25, 0.3) is 0 Å². The number of quaternary nitrogens is 1. The normalized spacial score (nSPS) is 17.1. The van der Waals surface area contributed by atoms with Gasteiger partial charge in [0.1, 0.15) is 13.2 Å². The van der Waals surface area contributed by atoms with Crippen LogP contribution in [0.25, 0.3) is 11.1 Å². The van der Waals surface area contributed by atoms with Crippen LogP contribution in [0.4, 0.5) is 11.4 Å². The summed E-state index contributed by atoms with van der Waals surface area (Å²) in [6.45, 7) is 13.1. The molecule has 0 saturated heterocycles. The van der Waals surface area contributed by atoms with E-state index >= 15 is 0 Å². The maximum absolute atomic E-state index is 6.46. The maximum Gasteiger partial charge on any atom is 0.205 e. The Balaban J connectivity index is 1.62. The SMILES string of the molecule is CC[N+]1(Cc2ccccc2)C(C)=Nc2c(OCc3ccccc3)cc(-c3cnn(C(C)(C)C)c3)cc21. The molecule has 36 heavy (non-hydrogen) atoms. The number of aliphatic imine (C=N–C) groups is 1. The Labute approximate surface area is 214 Å². The minimum absolute atomic E-state index is 0.0855. The predicted octanol–water partition coefficient (Wildman–Crippen LogP) is 7.48. The van der Waals surface area contributed by atoms with Gasteiger partial charge in [-0.2, -0.15) is 10.1 Å². The lowest BCUT2D eigenvalue weighted by atomic mass is 10.0. The minimum atomic E-state index is -0.0855. The van der Waals surface area contributed by atoms with Crippen LogP contribution in [0.1, 0.15) is 45.7 Å². The third-order valence-corrected chi connectivity index (χ3v) is 7.08. The van der Waals surface area contributed by atoms with E-state index in [-0.39, 0.29) is 5.54 Å². The van der Waals surface area contributed by atoms with E-state index in [4.69, 9.17) is 9.73 Å². The molecule has 0 amide bonds. The molecule has 0 aliphatic carbocycles. The number of fused-ring (bicyclic) bond motifs is 1. The highest BCUT2D eigenvalue weighted by Crippen LogP contribution is 2.50. The van der Waals surface area contributed by atoms with E-state index < -0.39 is 0 Å². The number of aromatic nitrogens is 2. The summed E-state index contributed by atoms with van der Waals surface area (Å²) in [4.78, 5) is 5.11. The second-order valence-electron chi connectivity index (χ2n) is 10.5. The Morgan fingerprint density at radius 2 is 1.56 bits per heavy atom. The van der Waals surface area contributed by atoms with Crippen molar-refractivity contribution in [2.75, 3.05) is 6.54 Å². The quantitative estimate of drug-likeness (QED) is 0.258. The van der Waals surface area contributed by atoms with Crippen molar-refractivity contribution in [2.45, 2.75) is 53.3 Å². The molecule has 1 atom stereocenters. The second-order valence-corrected chi connectivity index (χ2v) is 10.5. The highest BCUT2D eigenvalue weighted by molar-refractivity contribution is 6.03. The van der Waals surface area contributed by atoms with E-state index in [9.17, 15) is 0 Å². The largest absolute Gasteiger partial charge is 0.486 e. The number of hydrogen-bond donors (Lipinski definition) is 0. The lowest BCUT2D eigenvalue weighted by Gasteiger charge is -2.33. The third-order valence-electron chi connectivity index (χ3n) is 7.08. The molecule has 184 valence electrons. The maximum atomic E-state index is 6.46. The zero-order valence-corrected chi connectivity index (χ0v) is 21.9. The van der Waals surface area contributed by atoms with Crippen molar-refractivity contribution in [3.63, 3.8) is 0 Å². The summed E-state index contributed by atoms with van der Waals surface area (Å²) < 4.78 is 9.17. The van der Waals surface area contributed by atoms with E-state index in [1.165, 1.54) is 11.3 Å². The lowest BCUT2D eigenvalue weighted by molar-refractivity contribution is 0.307. The van der Waals surface area contributed by atoms with Gasteiger partial charge in [-0.3, -0.25) is 4.68 Å². The molecule has 0 saturated carbocycles. The predicted molar refractivity (Wildman–Crippen MR) is 149 cm³/mol. The zero-order valence-electron chi connectivity index (χ0n) is 21.9. The first-order valence-electron chi connectivity index (χ1n) is 12.7. The van der Waals surface area contributed by atoms with Crippen LogP contribution in [0.15, 0.2) is 90.2 Å². The van der Waals surface area contributed by atoms with Crippen molar-refractivity contribution in [3.8, 4) is 16.9 Å². The monoisotopic (exact) mass is 479 g/mol. The van der Waals surface area contributed by atoms with Crippen molar-refractivity contribution in [1.82, 2.24) is 14.3 Å². The highest BCUT2D eigenvalue weighted by Gasteiger charge is 2.42. The van der Waals surface area contributed by atoms with E-state index in [2.05, 4.69) is 101 Å². The first kappa shape index (κ1) is 24.0. The van der Waals surface area contributed by atoms with Crippen LogP contribution in [0.3, 0.4) is 0 Å². The molecule has 5 rings (SSSR count). The molecule has 1 unspecified atom stereocenters. The molecule has 0 fully saturated rings. The molecular formula is C31H35N4O+. The summed E-state index contributed by atoms with van der Waals surface area (Å²) in [5.74, 6) is 1.90. The Morgan fingerprint density at radius 3 is 2.17 bits per heavy atom. The summed E-state index contributed by atoms with van der Waals surface area (Å²) >= 11 is 0. The van der Waals surface area contributed by atoms with Gasteiger partial charge in [-0.25, -0.2) is 4.48 Å². The van der Waals surface area contributed by atoms with Crippen LogP contribution in [-0.2, 0) is 18.7 Å². The van der Waals surface area contributed by atoms with Crippen LogP contribution in [0, 0.1) is 0 Å². The number of amidine groups is 1. The van der Waals surface area contributed by atoms with Crippen molar-refractivity contribution in [2.24, 2.45) is 4.99 Å². The van der Waals surface area contributed by atoms with Crippen molar-refractivity contribution in [1.29, 1.82) is 0 Å². The van der Waals surface area contributed by atoms with Gasteiger partial charge >= 0.3 is 0 Å². The van der Waals surface area contributed by atoms with Crippen LogP contribution in [-0.4, -0.2) is 22.2 Å². The third kappa shape index (κ3) is 4.47. The van der Waals surface area contributed by atoms with Gasteiger partial charge in [0.2, 0.25) is 5.84 Å². The summed E-state index contributed by atoms with van der Waals surface area (Å²) in [6, 6.07) is 25.4. The van der Waals surface area contributed by atoms with E-state index in [1.54, 1.807) is 0 Å². The Morgan fingerprint density at radius 1 is 0.889 bits per heavy atom. The number of nitrogens with zero attached hydrogens (tertiary/aromatic N) is 4. The lowest BCUT2D eigenvalue weighted by Crippen LogP contribution is -2.50. The molecule has 0 N–H and O–H groups in total. The standard InChI is InChI=1S/C31H35N4O/c1-6-35(21-24-13-9-7-10-14-24)23(2)33-30-28(35)17-26(27-19-32-34(20-27)31(3,4)5)18-29(30)36-22-25-15-11-8-12-16-25/h7-20H,6,21-22H2,1-5H3/q+1. The van der Waals surface area contributed by atoms with E-state index in [0.29, 0.717) is 11.1 Å². The molecule has 4 aromatic rings. The van der Waals surface area contributed by atoms with Crippen LogP contribution in [0.5, 0.6) is 5.75 Å². The summed E-state index contributed by atoms with van der Waals surface area (Å²) in [6.07, 6.45) is 4.08. The van der Waals surface area contributed by atoms with E-state index in [0.717, 1.165) is 47.1 Å². The number of rotatable bonds is 7. The molecule has 5 nitrogen and oxygen atoms in total. The van der Waals surface area contributed by atoms with E-state index in [1.807, 2.05) is 29.1 Å². The highest BCUT2D eigenvalue weighted by atomic mass is 16.5. The molecule has 2 heterocycles. The Kier molecular flexibility index (Phi) is 6.27. The molecule has 3 aromatic carbocycles. The van der Waals surface area contributed by atoms with Crippen molar-refractivity contribution >= 4 is 17.2 Å². The van der Waals surface area contributed by atoms with Gasteiger partial charge in [-0.1, -0.05) is 60.7 Å². The molecule has 0 spiro atoms. The van der Waals surface area contributed by atoms with Crippen LogP contribution < -0.4 is 9.22 Å². The first-order chi connectivity index (χ1) is 17.3. The van der Waals surface area contributed by atoms with Gasteiger partial charge in [-0.05, 0) is 44.9 Å². The van der Waals surface area contributed by atoms with Gasteiger partial charge in [-0.15, -0.1) is 0 Å². The zero-order chi connectivity index (χ0) is 25.3. The molecule has 1 aromatic heterocycles. The number of hydrogen-bond acceptors (Lipinski definition) is 3. The fourth-order valence-electron chi connectivity index (χ4n) is 4.92. The topological polar surface area (TPSA) is 39.4 Å². The van der Waals surface area contributed by atoms with Gasteiger partial charge in [0.15, 0.2) is 17.1 Å². The molecular weight excluding hydrogens is 444 g/mol. The average molecular weight is 480 g/mol. The fourth-order valence-corrected chi connectivity index (χ4v) is 4.92. The van der Waals surface area contributed by atoms with Gasteiger partial charge < -0.3 is 4.74 Å². The molecule has 1 aliphatic heterocycles. The molecule has 0 radical (unpaired) electrons. The smallest absolute Gasteiger partial charge is 0.205 e. The Hall–Kier alpha value is -3.70.